The molecule has 4 heteroatoms. The number of ether oxygens (including phenoxy) is 1. The lowest BCUT2D eigenvalue weighted by Gasteiger charge is -2.04. The Morgan fingerprint density at radius 3 is 2.50 bits per heavy atom. The quantitative estimate of drug-likeness (QED) is 0.406. The van der Waals surface area contributed by atoms with Gasteiger partial charge in [0.25, 0.3) is 0 Å². The zero-order valence-corrected chi connectivity index (χ0v) is 10.4. The fraction of sp³-hybridized carbons (Fsp3) is 0. The Balaban J connectivity index is 1.93. The van der Waals surface area contributed by atoms with Gasteiger partial charge in [-0.25, -0.2) is 9.59 Å². The van der Waals surface area contributed by atoms with Crippen LogP contribution in [0.15, 0.2) is 69.9 Å². The van der Waals surface area contributed by atoms with Gasteiger partial charge in [0.15, 0.2) is 0 Å². The SMILES string of the molecule is O=C(Oc1ccccc1)c1ccc2ccc(=O)oc2c1. The van der Waals surface area contributed by atoms with Gasteiger partial charge in [-0.05, 0) is 30.3 Å². The third-order valence-electron chi connectivity index (χ3n) is 2.81. The molecule has 0 unspecified atom stereocenters. The molecule has 0 bridgehead atoms. The second-order valence-electron chi connectivity index (χ2n) is 4.21. The molecule has 4 nitrogen and oxygen atoms in total. The summed E-state index contributed by atoms with van der Waals surface area (Å²) >= 11 is 0. The van der Waals surface area contributed by atoms with Crippen LogP contribution >= 0.6 is 0 Å². The van der Waals surface area contributed by atoms with Gasteiger partial charge < -0.3 is 9.15 Å². The molecular weight excluding hydrogens is 256 g/mol. The van der Waals surface area contributed by atoms with Gasteiger partial charge in [0.1, 0.15) is 11.3 Å². The summed E-state index contributed by atoms with van der Waals surface area (Å²) in [5.41, 5.74) is 0.238. The van der Waals surface area contributed by atoms with E-state index in [0.717, 1.165) is 5.39 Å². The number of carbonyl (C=O) groups is 1. The van der Waals surface area contributed by atoms with Crippen LogP contribution in [-0.2, 0) is 0 Å². The normalized spacial score (nSPS) is 10.4. The van der Waals surface area contributed by atoms with Gasteiger partial charge in [0.05, 0.1) is 5.56 Å². The van der Waals surface area contributed by atoms with Crippen LogP contribution in [0.4, 0.5) is 0 Å². The highest BCUT2D eigenvalue weighted by molar-refractivity contribution is 5.94. The molecule has 0 aliphatic carbocycles. The molecule has 0 fully saturated rings. The van der Waals surface area contributed by atoms with E-state index in [4.69, 9.17) is 9.15 Å². The van der Waals surface area contributed by atoms with Gasteiger partial charge in [-0.3, -0.25) is 0 Å². The van der Waals surface area contributed by atoms with E-state index in [1.54, 1.807) is 42.5 Å². The van der Waals surface area contributed by atoms with Crippen LogP contribution in [0, 0.1) is 0 Å². The lowest BCUT2D eigenvalue weighted by atomic mass is 10.1. The van der Waals surface area contributed by atoms with Crippen molar-refractivity contribution >= 4 is 16.9 Å². The molecule has 2 aromatic carbocycles. The molecule has 98 valence electrons. The molecule has 0 N–H and O–H groups in total. The van der Waals surface area contributed by atoms with E-state index in [-0.39, 0.29) is 0 Å². The zero-order chi connectivity index (χ0) is 13.9. The predicted octanol–water partition coefficient (Wildman–Crippen LogP) is 3.01. The zero-order valence-electron chi connectivity index (χ0n) is 10.4. The van der Waals surface area contributed by atoms with E-state index in [2.05, 4.69) is 0 Å². The molecule has 0 aliphatic rings. The Labute approximate surface area is 114 Å². The topological polar surface area (TPSA) is 56.5 Å². The van der Waals surface area contributed by atoms with E-state index in [1.165, 1.54) is 12.1 Å². The van der Waals surface area contributed by atoms with Crippen LogP contribution in [0.5, 0.6) is 5.75 Å². The summed E-state index contributed by atoms with van der Waals surface area (Å²) in [6, 6.07) is 16.6. The lowest BCUT2D eigenvalue weighted by molar-refractivity contribution is 0.0735. The van der Waals surface area contributed by atoms with Crippen molar-refractivity contribution < 1.29 is 13.9 Å². The molecular formula is C16H10O4. The van der Waals surface area contributed by atoms with Crippen molar-refractivity contribution in [2.75, 3.05) is 0 Å². The summed E-state index contributed by atoms with van der Waals surface area (Å²) in [6.07, 6.45) is 0. The monoisotopic (exact) mass is 266 g/mol. The molecule has 1 heterocycles. The second kappa shape index (κ2) is 5.01. The van der Waals surface area contributed by atoms with E-state index in [1.807, 2.05) is 6.07 Å². The number of para-hydroxylation sites is 1. The average molecular weight is 266 g/mol. The summed E-state index contributed by atoms with van der Waals surface area (Å²) in [5, 5.41) is 0.751. The highest BCUT2D eigenvalue weighted by Gasteiger charge is 2.10. The fourth-order valence-corrected chi connectivity index (χ4v) is 1.84. The molecule has 0 radical (unpaired) electrons. The molecule has 20 heavy (non-hydrogen) atoms. The Hall–Kier alpha value is -2.88. The molecule has 3 aromatic rings. The van der Waals surface area contributed by atoms with Gasteiger partial charge in [-0.2, -0.15) is 0 Å². The van der Waals surface area contributed by atoms with E-state index < -0.39 is 11.6 Å². The number of carbonyl (C=O) groups excluding carboxylic acids is 1. The molecule has 0 saturated heterocycles. The standard InChI is InChI=1S/C16H10O4/c17-15-9-8-11-6-7-12(10-14(11)20-15)16(18)19-13-4-2-1-3-5-13/h1-10H. The highest BCUT2D eigenvalue weighted by atomic mass is 16.5. The smallest absolute Gasteiger partial charge is 0.343 e. The van der Waals surface area contributed by atoms with Gasteiger partial charge in [-0.15, -0.1) is 0 Å². The molecule has 0 aliphatic heterocycles. The van der Waals surface area contributed by atoms with E-state index in [9.17, 15) is 9.59 Å². The number of esters is 1. The number of hydrogen-bond acceptors (Lipinski definition) is 4. The maximum absolute atomic E-state index is 12.0. The Bertz CT molecular complexity index is 819. The fourth-order valence-electron chi connectivity index (χ4n) is 1.84. The van der Waals surface area contributed by atoms with Crippen molar-refractivity contribution in [3.63, 3.8) is 0 Å². The number of benzene rings is 2. The van der Waals surface area contributed by atoms with Crippen molar-refractivity contribution in [1.29, 1.82) is 0 Å². The first kappa shape index (κ1) is 12.2. The van der Waals surface area contributed by atoms with Crippen molar-refractivity contribution in [3.8, 4) is 5.75 Å². The largest absolute Gasteiger partial charge is 0.423 e. The third kappa shape index (κ3) is 2.44. The molecule has 3 rings (SSSR count). The third-order valence-corrected chi connectivity index (χ3v) is 2.81. The molecule has 0 saturated carbocycles. The maximum atomic E-state index is 12.0. The van der Waals surface area contributed by atoms with E-state index >= 15 is 0 Å². The first-order chi connectivity index (χ1) is 9.72. The Morgan fingerprint density at radius 1 is 0.950 bits per heavy atom. The van der Waals surface area contributed by atoms with Crippen LogP contribution < -0.4 is 10.4 Å². The summed E-state index contributed by atoms with van der Waals surface area (Å²) in [5.74, 6) is -0.0308. The second-order valence-corrected chi connectivity index (χ2v) is 4.21. The summed E-state index contributed by atoms with van der Waals surface area (Å²) in [7, 11) is 0. The van der Waals surface area contributed by atoms with Crippen LogP contribution in [0.3, 0.4) is 0 Å². The van der Waals surface area contributed by atoms with Gasteiger partial charge in [-0.1, -0.05) is 24.3 Å². The minimum atomic E-state index is -0.496. The summed E-state index contributed by atoms with van der Waals surface area (Å²) < 4.78 is 10.3. The van der Waals surface area contributed by atoms with Crippen molar-refractivity contribution in [3.05, 3.63) is 76.6 Å². The molecule has 0 amide bonds. The first-order valence-electron chi connectivity index (χ1n) is 6.03. The van der Waals surface area contributed by atoms with Crippen LogP contribution in [0.1, 0.15) is 10.4 Å². The van der Waals surface area contributed by atoms with Crippen molar-refractivity contribution in [2.45, 2.75) is 0 Å². The van der Waals surface area contributed by atoms with Gasteiger partial charge >= 0.3 is 11.6 Å². The summed E-state index contributed by atoms with van der Waals surface area (Å²) in [6.45, 7) is 0. The predicted molar refractivity (Wildman–Crippen MR) is 73.9 cm³/mol. The van der Waals surface area contributed by atoms with Crippen LogP contribution in [-0.4, -0.2) is 5.97 Å². The number of fused-ring (bicyclic) bond motifs is 1. The molecule has 0 spiro atoms. The minimum Gasteiger partial charge on any atom is -0.423 e. The average Bonchev–Trinajstić information content (AvgIpc) is 2.47. The number of rotatable bonds is 2. The first-order valence-corrected chi connectivity index (χ1v) is 6.03. The van der Waals surface area contributed by atoms with Crippen molar-refractivity contribution in [1.82, 2.24) is 0 Å². The molecule has 0 atom stereocenters. The maximum Gasteiger partial charge on any atom is 0.343 e. The van der Waals surface area contributed by atoms with Crippen molar-refractivity contribution in [2.24, 2.45) is 0 Å². The van der Waals surface area contributed by atoms with Crippen LogP contribution in [0.25, 0.3) is 11.0 Å². The Kier molecular flexibility index (Phi) is 3.05. The minimum absolute atomic E-state index is 0.329. The van der Waals surface area contributed by atoms with Gasteiger partial charge in [0, 0.05) is 11.5 Å². The van der Waals surface area contributed by atoms with E-state index in [0.29, 0.717) is 16.9 Å². The summed E-state index contributed by atoms with van der Waals surface area (Å²) in [4.78, 5) is 23.2. The highest BCUT2D eigenvalue weighted by Crippen LogP contribution is 2.16. The molecule has 1 aromatic heterocycles. The Morgan fingerprint density at radius 2 is 1.70 bits per heavy atom. The lowest BCUT2D eigenvalue weighted by Crippen LogP contribution is -2.08. The van der Waals surface area contributed by atoms with Crippen LogP contribution in [0.2, 0.25) is 0 Å². The van der Waals surface area contributed by atoms with Gasteiger partial charge in [0.2, 0.25) is 0 Å². The number of hydrogen-bond donors (Lipinski definition) is 0.